The fourth-order valence-corrected chi connectivity index (χ4v) is 6.57. The van der Waals surface area contributed by atoms with Gasteiger partial charge < -0.3 is 25.0 Å². The van der Waals surface area contributed by atoms with Gasteiger partial charge in [0.2, 0.25) is 5.91 Å². The van der Waals surface area contributed by atoms with Gasteiger partial charge in [-0.3, -0.25) is 14.7 Å². The summed E-state index contributed by atoms with van der Waals surface area (Å²) in [6.45, 7) is 7.11. The van der Waals surface area contributed by atoms with E-state index in [2.05, 4.69) is 57.4 Å². The average molecular weight is 677 g/mol. The van der Waals surface area contributed by atoms with Crippen LogP contribution in [0.3, 0.4) is 0 Å². The third-order valence-electron chi connectivity index (χ3n) is 9.67. The van der Waals surface area contributed by atoms with Gasteiger partial charge in [0.1, 0.15) is 6.54 Å². The summed E-state index contributed by atoms with van der Waals surface area (Å²) in [5, 5.41) is 16.7. The zero-order valence-corrected chi connectivity index (χ0v) is 28.9. The van der Waals surface area contributed by atoms with Crippen molar-refractivity contribution in [3.05, 3.63) is 59.5 Å². The van der Waals surface area contributed by atoms with Gasteiger partial charge in [-0.2, -0.15) is 18.4 Å². The number of aromatic nitrogens is 2. The molecular formula is C37H47F3N8O. The molecule has 4 heterocycles. The number of fused-ring (bicyclic) bond motifs is 1. The van der Waals surface area contributed by atoms with Crippen molar-refractivity contribution in [1.82, 2.24) is 29.6 Å². The molecule has 0 radical (unpaired) electrons. The number of alkyl halides is 3. The number of carbonyl (C=O) groups excluding carboxylic acids is 1. The average Bonchev–Trinajstić information content (AvgIpc) is 3.41. The lowest BCUT2D eigenvalue weighted by molar-refractivity contribution is -0.140. The number of likely N-dealkylation sites (tertiary alicyclic amines) is 2. The largest absolute Gasteiger partial charge is 0.406 e. The summed E-state index contributed by atoms with van der Waals surface area (Å²) in [6, 6.07) is 13.9. The summed E-state index contributed by atoms with van der Waals surface area (Å²) in [5.41, 5.74) is 2.40. The van der Waals surface area contributed by atoms with Gasteiger partial charge in [0, 0.05) is 55.7 Å². The monoisotopic (exact) mass is 676 g/mol. The predicted octanol–water partition coefficient (Wildman–Crippen LogP) is 4.97. The van der Waals surface area contributed by atoms with Crippen molar-refractivity contribution in [2.45, 2.75) is 76.3 Å². The van der Waals surface area contributed by atoms with Crippen LogP contribution in [0.2, 0.25) is 0 Å². The van der Waals surface area contributed by atoms with E-state index in [4.69, 9.17) is 0 Å². The molecule has 262 valence electrons. The Balaban J connectivity index is 1.15. The van der Waals surface area contributed by atoms with Crippen LogP contribution in [0.15, 0.2) is 42.6 Å². The normalized spacial score (nSPS) is 16.8. The third-order valence-corrected chi connectivity index (χ3v) is 9.67. The van der Waals surface area contributed by atoms with Gasteiger partial charge >= 0.3 is 6.18 Å². The minimum atomic E-state index is -4.40. The molecule has 0 aliphatic carbocycles. The second-order valence-corrected chi connectivity index (χ2v) is 14.0. The van der Waals surface area contributed by atoms with Gasteiger partial charge in [0.15, 0.2) is 0 Å². The topological polar surface area (TPSA) is 92.5 Å². The summed E-state index contributed by atoms with van der Waals surface area (Å²) < 4.78 is 41.9. The van der Waals surface area contributed by atoms with Crippen molar-refractivity contribution in [3.8, 4) is 17.9 Å². The van der Waals surface area contributed by atoms with Crippen LogP contribution in [-0.2, 0) is 23.3 Å². The zero-order valence-electron chi connectivity index (χ0n) is 28.9. The highest BCUT2D eigenvalue weighted by atomic mass is 19.4. The molecule has 2 fully saturated rings. The van der Waals surface area contributed by atoms with E-state index >= 15 is 0 Å². The number of pyridine rings is 1. The lowest BCUT2D eigenvalue weighted by Gasteiger charge is -2.37. The van der Waals surface area contributed by atoms with E-state index in [9.17, 15) is 23.2 Å². The molecular weight excluding hydrogens is 629 g/mol. The molecule has 5 rings (SSSR count). The molecule has 2 aliphatic heterocycles. The summed E-state index contributed by atoms with van der Waals surface area (Å²) in [5.74, 6) is 6.07. The van der Waals surface area contributed by atoms with E-state index < -0.39 is 18.1 Å². The standard InChI is InChI=1S/C37H47F3N8O/c1-36(2,25-41)34-10-8-30(23-44-34)42-15-5-6-32-21-28-20-27(7-9-33(28)48(32)26-37(38,39)40)22-43-29-11-18-47(19-12-29)35(49)24-46-16-13-31(14-17-46)45(3)4/h7-10,20-21,23,29,31,42-43H,11-19,22,24,26H2,1-4H3. The van der Waals surface area contributed by atoms with Crippen molar-refractivity contribution in [2.75, 3.05) is 58.7 Å². The third kappa shape index (κ3) is 9.75. The molecule has 2 N–H and O–H groups in total. The van der Waals surface area contributed by atoms with Gasteiger partial charge in [-0.15, -0.1) is 0 Å². The summed E-state index contributed by atoms with van der Waals surface area (Å²) in [6.07, 6.45) is 1.14. The van der Waals surface area contributed by atoms with Crippen molar-refractivity contribution in [2.24, 2.45) is 0 Å². The molecule has 9 nitrogen and oxygen atoms in total. The number of carbonyl (C=O) groups is 1. The van der Waals surface area contributed by atoms with Crippen LogP contribution in [0.25, 0.3) is 10.9 Å². The predicted molar refractivity (Wildman–Crippen MR) is 186 cm³/mol. The first-order chi connectivity index (χ1) is 23.3. The minimum Gasteiger partial charge on any atom is -0.373 e. The number of nitrogens with zero attached hydrogens (tertiary/aromatic N) is 6. The van der Waals surface area contributed by atoms with Crippen LogP contribution in [0.4, 0.5) is 18.9 Å². The minimum absolute atomic E-state index is 0.206. The Bertz CT molecular complexity index is 1680. The number of nitrogens with one attached hydrogen (secondary N) is 2. The van der Waals surface area contributed by atoms with Crippen LogP contribution in [-0.4, -0.2) is 102 Å². The maximum atomic E-state index is 13.6. The maximum Gasteiger partial charge on any atom is 0.406 e. The van der Waals surface area contributed by atoms with Gasteiger partial charge in [-0.1, -0.05) is 12.0 Å². The highest BCUT2D eigenvalue weighted by Gasteiger charge is 2.30. The Morgan fingerprint density at radius 2 is 1.78 bits per heavy atom. The maximum absolute atomic E-state index is 13.6. The van der Waals surface area contributed by atoms with Gasteiger partial charge in [0.05, 0.1) is 47.8 Å². The van der Waals surface area contributed by atoms with Crippen LogP contribution >= 0.6 is 0 Å². The van der Waals surface area contributed by atoms with E-state index in [1.54, 1.807) is 44.3 Å². The van der Waals surface area contributed by atoms with E-state index in [0.29, 0.717) is 47.1 Å². The first kappa shape index (κ1) is 36.2. The first-order valence-electron chi connectivity index (χ1n) is 17.0. The highest BCUT2D eigenvalue weighted by Crippen LogP contribution is 2.27. The lowest BCUT2D eigenvalue weighted by Crippen LogP contribution is -2.50. The smallest absolute Gasteiger partial charge is 0.373 e. The molecule has 0 unspecified atom stereocenters. The molecule has 2 aromatic heterocycles. The number of amides is 1. The SMILES string of the molecule is CN(C)C1CCN(CC(=O)N2CCC(NCc3ccc4c(c3)cc(C#CCNc3ccc(C(C)(C)C#N)nc3)n4CC(F)(F)F)CC2)CC1. The molecule has 2 aliphatic rings. The van der Waals surface area contributed by atoms with Crippen molar-refractivity contribution in [3.63, 3.8) is 0 Å². The highest BCUT2D eigenvalue weighted by molar-refractivity contribution is 5.83. The molecule has 0 atom stereocenters. The Hall–Kier alpha value is -4.10. The van der Waals surface area contributed by atoms with Crippen LogP contribution in [0.1, 0.15) is 56.5 Å². The number of nitriles is 1. The number of rotatable bonds is 10. The van der Waals surface area contributed by atoms with E-state index in [1.807, 2.05) is 17.0 Å². The molecule has 1 aromatic carbocycles. The number of benzene rings is 1. The molecule has 2 saturated heterocycles. The Labute approximate surface area is 287 Å². The molecule has 0 saturated carbocycles. The Morgan fingerprint density at radius 3 is 2.41 bits per heavy atom. The van der Waals surface area contributed by atoms with Gasteiger partial charge in [0.25, 0.3) is 0 Å². The molecule has 0 bridgehead atoms. The van der Waals surface area contributed by atoms with E-state index in [0.717, 1.165) is 57.4 Å². The molecule has 1 amide bonds. The van der Waals surface area contributed by atoms with Crippen LogP contribution < -0.4 is 10.6 Å². The van der Waals surface area contributed by atoms with Crippen molar-refractivity contribution in [1.29, 1.82) is 5.26 Å². The van der Waals surface area contributed by atoms with Gasteiger partial charge in [-0.25, -0.2) is 0 Å². The lowest BCUT2D eigenvalue weighted by atomic mass is 9.91. The molecule has 12 heteroatoms. The van der Waals surface area contributed by atoms with Crippen LogP contribution in [0.5, 0.6) is 0 Å². The summed E-state index contributed by atoms with van der Waals surface area (Å²) in [4.78, 5) is 23.8. The van der Waals surface area contributed by atoms with E-state index in [-0.39, 0.29) is 18.5 Å². The van der Waals surface area contributed by atoms with E-state index in [1.165, 1.54) is 4.57 Å². The summed E-state index contributed by atoms with van der Waals surface area (Å²) in [7, 11) is 4.23. The number of piperidine rings is 2. The fraction of sp³-hybridized carbons (Fsp3) is 0.541. The van der Waals surface area contributed by atoms with Crippen LogP contribution in [0, 0.1) is 23.2 Å². The Morgan fingerprint density at radius 1 is 1.04 bits per heavy atom. The summed E-state index contributed by atoms with van der Waals surface area (Å²) >= 11 is 0. The second-order valence-electron chi connectivity index (χ2n) is 14.0. The number of hydrogen-bond donors (Lipinski definition) is 2. The molecule has 0 spiro atoms. The second kappa shape index (κ2) is 15.6. The number of halogens is 3. The number of hydrogen-bond acceptors (Lipinski definition) is 7. The molecule has 49 heavy (non-hydrogen) atoms. The first-order valence-corrected chi connectivity index (χ1v) is 17.0. The van der Waals surface area contributed by atoms with Crippen molar-refractivity contribution < 1.29 is 18.0 Å². The Kier molecular flexibility index (Phi) is 11.5. The fourth-order valence-electron chi connectivity index (χ4n) is 6.57. The van der Waals surface area contributed by atoms with Crippen molar-refractivity contribution >= 4 is 22.5 Å². The van der Waals surface area contributed by atoms with Gasteiger partial charge in [-0.05, 0) is 95.4 Å². The number of anilines is 1. The zero-order chi connectivity index (χ0) is 35.2. The molecule has 3 aromatic rings. The quantitative estimate of drug-likeness (QED) is 0.293.